The molecule has 9 rings (SSSR count). The number of aliphatic imine (C=N–C) groups is 1. The Morgan fingerprint density at radius 2 is 1.26 bits per heavy atom. The number of hydrogen-bond donors (Lipinski definition) is 7. The van der Waals surface area contributed by atoms with Crippen molar-refractivity contribution >= 4 is 94.3 Å². The predicted molar refractivity (Wildman–Crippen MR) is 362 cm³/mol. The van der Waals surface area contributed by atoms with Gasteiger partial charge in [-0.15, -0.1) is 0 Å². The number of nitrogens with one attached hydrogen (secondary N) is 3. The lowest BCUT2D eigenvalue weighted by Crippen LogP contribution is -2.50. The molecule has 3 aliphatic rings. The van der Waals surface area contributed by atoms with Crippen molar-refractivity contribution < 1.29 is 29.7 Å². The summed E-state index contributed by atoms with van der Waals surface area (Å²) in [6, 6.07) is 36.1. The van der Waals surface area contributed by atoms with E-state index in [2.05, 4.69) is 162 Å². The first-order chi connectivity index (χ1) is 42.1. The highest BCUT2D eigenvalue weighted by molar-refractivity contribution is 6.98. The van der Waals surface area contributed by atoms with Crippen molar-refractivity contribution in [2.75, 3.05) is 45.6 Å². The molecule has 1 heterocycles. The number of hydrogen-bond acceptors (Lipinski definition) is 12. The second kappa shape index (κ2) is 27.3. The molecular formula is C71H78B2N8O6Si. The Bertz CT molecular complexity index is 4090. The van der Waals surface area contributed by atoms with Crippen LogP contribution in [0.4, 0.5) is 5.69 Å². The second-order valence-corrected chi connectivity index (χ2v) is 28.6. The van der Waals surface area contributed by atoms with E-state index in [1.807, 2.05) is 26.2 Å². The van der Waals surface area contributed by atoms with Crippen LogP contribution in [0.1, 0.15) is 91.5 Å². The van der Waals surface area contributed by atoms with Gasteiger partial charge in [-0.1, -0.05) is 112 Å². The largest absolute Gasteiger partial charge is 0.488 e. The molecule has 0 aromatic heterocycles. The Kier molecular flexibility index (Phi) is 19.8. The standard InChI is InChI=1S/C71H78B2N8O6Si/c1-45(2)69(82)78-29-13-31-80(41-52-33-48(39-74)18-27-64(52)72(84)85)43-62-56-15-11-12-16-57(56)63(44-81(32-14-30-79-70(83)46(3)4)42-53-34-49(40-75)19-28-65(53)73(86)87)61-35-50(21-24-58(61)62)51-20-17-47(5)71(6,38-51)68-59-25-22-54(76-7)36-66(59)88(9,10)67-37-55(77-8)23-26-60(67)68/h11-12,15-28,33-37,76,84-87H,1,3,13-14,29-32,38,41-44H2,2,4-10H3,(H,78,82)(H,79,83). The van der Waals surface area contributed by atoms with Crippen LogP contribution in [0.2, 0.25) is 13.1 Å². The summed E-state index contributed by atoms with van der Waals surface area (Å²) in [5.41, 5.74) is 14.2. The third-order valence-corrected chi connectivity index (χ3v) is 21.4. The van der Waals surface area contributed by atoms with Crippen LogP contribution in [0.15, 0.2) is 173 Å². The molecule has 14 nitrogen and oxygen atoms in total. The number of carbonyl (C=O) groups is 2. The van der Waals surface area contributed by atoms with E-state index in [1.165, 1.54) is 32.7 Å². The van der Waals surface area contributed by atoms with Crippen LogP contribution in [-0.4, -0.2) is 110 Å². The van der Waals surface area contributed by atoms with Crippen molar-refractivity contribution in [1.82, 2.24) is 20.4 Å². The highest BCUT2D eigenvalue weighted by Crippen LogP contribution is 2.55. The van der Waals surface area contributed by atoms with E-state index in [1.54, 1.807) is 50.2 Å². The summed E-state index contributed by atoms with van der Waals surface area (Å²) in [5.74, 6) is -0.480. The monoisotopic (exact) mass is 1190 g/mol. The van der Waals surface area contributed by atoms with Gasteiger partial charge in [0.1, 0.15) is 8.07 Å². The first-order valence-electron chi connectivity index (χ1n) is 30.0. The maximum Gasteiger partial charge on any atom is 0.488 e. The van der Waals surface area contributed by atoms with E-state index in [0.29, 0.717) is 91.9 Å². The molecule has 2 amide bonds. The SMILES string of the molecule is C=C(C)C(=O)NCCCN(Cc1cc(C#N)ccc1B(O)O)Cc1c2ccccc2c(CN(CCCNC(=O)C(=C)C)Cc2cc(C#N)ccc2B(O)O)c2cc(C3=CC=C(C)C(C)(C4=C5C=CC(=NC)C=C5[Si](C)(C)c5cc(NC)ccc54)C3)ccc12. The third-order valence-electron chi connectivity index (χ3n) is 17.9. The third kappa shape index (κ3) is 13.5. The Hall–Kier alpha value is -8.48. The maximum absolute atomic E-state index is 12.8. The summed E-state index contributed by atoms with van der Waals surface area (Å²) in [4.78, 5) is 34.6. The number of anilines is 1. The van der Waals surface area contributed by atoms with Gasteiger partial charge in [0.15, 0.2) is 0 Å². The molecular weight excluding hydrogens is 1110 g/mol. The zero-order valence-electron chi connectivity index (χ0n) is 51.8. The van der Waals surface area contributed by atoms with Crippen molar-refractivity contribution in [2.24, 2.45) is 10.4 Å². The number of amides is 2. The lowest BCUT2D eigenvalue weighted by atomic mass is 9.64. The van der Waals surface area contributed by atoms with Crippen LogP contribution in [0, 0.1) is 28.1 Å². The molecule has 0 radical (unpaired) electrons. The maximum atomic E-state index is 12.8. The summed E-state index contributed by atoms with van der Waals surface area (Å²) in [5, 5.41) is 79.0. The normalized spacial score (nSPS) is 16.3. The molecule has 6 aromatic carbocycles. The number of fused-ring (bicyclic) bond motifs is 4. The van der Waals surface area contributed by atoms with Gasteiger partial charge in [0.2, 0.25) is 11.8 Å². The van der Waals surface area contributed by atoms with Gasteiger partial charge in [-0.25, -0.2) is 0 Å². The van der Waals surface area contributed by atoms with E-state index in [9.17, 15) is 40.2 Å². The number of rotatable bonds is 23. The van der Waals surface area contributed by atoms with Crippen molar-refractivity contribution in [3.63, 3.8) is 0 Å². The van der Waals surface area contributed by atoms with Crippen molar-refractivity contribution in [3.05, 3.63) is 213 Å². The van der Waals surface area contributed by atoms with Gasteiger partial charge < -0.3 is 36.0 Å². The lowest BCUT2D eigenvalue weighted by molar-refractivity contribution is -0.118. The summed E-state index contributed by atoms with van der Waals surface area (Å²) >= 11 is 0. The highest BCUT2D eigenvalue weighted by atomic mass is 28.3. The van der Waals surface area contributed by atoms with Gasteiger partial charge in [-0.05, 0) is 188 Å². The summed E-state index contributed by atoms with van der Waals surface area (Å²) < 4.78 is 0. The average molecular weight is 1190 g/mol. The fourth-order valence-electron chi connectivity index (χ4n) is 12.9. The zero-order valence-corrected chi connectivity index (χ0v) is 52.8. The fraction of sp³-hybridized carbons (Fsp3) is 0.282. The number of nitriles is 2. The van der Waals surface area contributed by atoms with Crippen molar-refractivity contribution in [2.45, 2.75) is 86.2 Å². The molecule has 1 unspecified atom stereocenters. The molecule has 1 atom stereocenters. The molecule has 0 fully saturated rings. The molecule has 6 aromatic rings. The molecule has 17 heteroatoms. The van der Waals surface area contributed by atoms with Crippen LogP contribution >= 0.6 is 0 Å². The van der Waals surface area contributed by atoms with Gasteiger partial charge >= 0.3 is 14.2 Å². The molecule has 0 saturated carbocycles. The Labute approximate surface area is 519 Å². The predicted octanol–water partition coefficient (Wildman–Crippen LogP) is 8.54. The Balaban J connectivity index is 1.24. The molecule has 1 aliphatic heterocycles. The van der Waals surface area contributed by atoms with E-state index >= 15 is 0 Å². The minimum Gasteiger partial charge on any atom is -0.423 e. The average Bonchev–Trinajstić information content (AvgIpc) is 0.762. The first-order valence-corrected chi connectivity index (χ1v) is 33.0. The van der Waals surface area contributed by atoms with Crippen LogP contribution < -0.4 is 32.1 Å². The number of nitrogens with zero attached hydrogens (tertiary/aromatic N) is 5. The lowest BCUT2D eigenvalue weighted by Gasteiger charge is -2.45. The van der Waals surface area contributed by atoms with Gasteiger partial charge in [0.05, 0.1) is 29.0 Å². The van der Waals surface area contributed by atoms with Crippen LogP contribution in [-0.2, 0) is 35.8 Å². The van der Waals surface area contributed by atoms with Crippen LogP contribution in [0.3, 0.4) is 0 Å². The van der Waals surface area contributed by atoms with Gasteiger partial charge in [-0.2, -0.15) is 10.5 Å². The molecule has 0 spiro atoms. The molecule has 0 bridgehead atoms. The van der Waals surface area contributed by atoms with E-state index in [0.717, 1.165) is 55.2 Å². The quantitative estimate of drug-likeness (QED) is 0.0140. The van der Waals surface area contributed by atoms with Gasteiger partial charge in [0.25, 0.3) is 0 Å². The molecule has 448 valence electrons. The highest BCUT2D eigenvalue weighted by Gasteiger charge is 2.46. The molecule has 7 N–H and O–H groups in total. The topological polar surface area (TPSA) is 218 Å². The van der Waals surface area contributed by atoms with Gasteiger partial charge in [-0.3, -0.25) is 24.4 Å². The summed E-state index contributed by atoms with van der Waals surface area (Å²) in [6.45, 7) is 23.4. The zero-order chi connectivity index (χ0) is 63.2. The van der Waals surface area contributed by atoms with E-state index in [-0.39, 0.29) is 35.8 Å². The fourth-order valence-corrected chi connectivity index (χ4v) is 16.0. The van der Waals surface area contributed by atoms with Crippen LogP contribution in [0.25, 0.3) is 32.7 Å². The van der Waals surface area contributed by atoms with E-state index in [4.69, 9.17) is 0 Å². The Morgan fingerprint density at radius 3 is 1.77 bits per heavy atom. The first kappa shape index (κ1) is 64.0. The smallest absolute Gasteiger partial charge is 0.423 e. The molecule has 2 aliphatic carbocycles. The Morgan fingerprint density at radius 1 is 0.716 bits per heavy atom. The van der Waals surface area contributed by atoms with Gasteiger partial charge in [0, 0.05) is 88.7 Å². The summed E-state index contributed by atoms with van der Waals surface area (Å²) in [6.07, 6.45) is 13.1. The molecule has 88 heavy (non-hydrogen) atoms. The number of benzene rings is 6. The van der Waals surface area contributed by atoms with Crippen molar-refractivity contribution in [3.8, 4) is 12.1 Å². The summed E-state index contributed by atoms with van der Waals surface area (Å²) in [7, 11) is -2.01. The van der Waals surface area contributed by atoms with Crippen LogP contribution in [0.5, 0.6) is 0 Å². The van der Waals surface area contributed by atoms with Crippen molar-refractivity contribution in [1.29, 1.82) is 10.5 Å². The minimum atomic E-state index is -2.25. The number of allylic oxidation sites excluding steroid dienone is 10. The second-order valence-electron chi connectivity index (χ2n) is 24.3. The molecule has 0 saturated heterocycles. The minimum absolute atomic E-state index is 0.239. The number of carbonyl (C=O) groups excluding carboxylic acids is 2. The van der Waals surface area contributed by atoms with E-state index < -0.39 is 27.7 Å².